The van der Waals surface area contributed by atoms with E-state index in [2.05, 4.69) is 63.7 Å². The van der Waals surface area contributed by atoms with Crippen molar-refractivity contribution in [1.29, 1.82) is 0 Å². The van der Waals surface area contributed by atoms with Crippen LogP contribution in [0.1, 0.15) is 43.0 Å². The van der Waals surface area contributed by atoms with Crippen LogP contribution in [0.25, 0.3) is 22.3 Å². The van der Waals surface area contributed by atoms with E-state index in [0.717, 1.165) is 45.5 Å². The predicted octanol–water partition coefficient (Wildman–Crippen LogP) is 9.72. The maximum Gasteiger partial charge on any atom is 1.00 e. The second kappa shape index (κ2) is 17.0. The summed E-state index contributed by atoms with van der Waals surface area (Å²) in [5, 5.41) is 12.7. The summed E-state index contributed by atoms with van der Waals surface area (Å²) in [5.74, 6) is 0.0187. The molecule has 0 aromatic heterocycles. The van der Waals surface area contributed by atoms with Gasteiger partial charge in [0.15, 0.2) is 0 Å². The molecule has 40 heavy (non-hydrogen) atoms. The molecule has 0 saturated carbocycles. The number of allylic oxidation sites excluding steroid dienone is 1. The number of aliphatic imine (C=N–C) groups is 1. The summed E-state index contributed by atoms with van der Waals surface area (Å²) in [6.07, 6.45) is 8.66. The standard InChI is InChI=1S/C30H27NO.C6H15P.Ni/c1-4-11-23-18-27(24-12-7-5-8-13-24)29(28(19-23)25-14-9-6-10-15-25)31-20-26-17-21(2)16-22(3)30(26)32;1-4-7(5-2)6-3;/h4-10,12-20,32H,1,11H2,2-3H3;4-6H2,1-3H3;/q;;+1/p-1. The summed E-state index contributed by atoms with van der Waals surface area (Å²) in [6, 6.07) is 28.7. The molecule has 0 heterocycles. The zero-order valence-corrected chi connectivity index (χ0v) is 26.3. The number of nitrogens with zero attached hydrogens (tertiary/aromatic N) is 1. The van der Waals surface area contributed by atoms with E-state index in [1.54, 1.807) is 6.21 Å². The quantitative estimate of drug-likeness (QED) is 0.0824. The van der Waals surface area contributed by atoms with Crippen LogP contribution in [0, 0.1) is 13.8 Å². The summed E-state index contributed by atoms with van der Waals surface area (Å²) in [5.41, 5.74) is 8.68. The molecule has 4 aromatic carbocycles. The third kappa shape index (κ3) is 9.02. The van der Waals surface area contributed by atoms with Crippen LogP contribution in [-0.2, 0) is 22.9 Å². The molecule has 0 saturated heterocycles. The van der Waals surface area contributed by atoms with E-state index in [9.17, 15) is 5.11 Å². The Bertz CT molecular complexity index is 1310. The van der Waals surface area contributed by atoms with Crippen molar-refractivity contribution in [2.45, 2.75) is 41.0 Å². The van der Waals surface area contributed by atoms with Crippen LogP contribution in [0.15, 0.2) is 103 Å². The first-order chi connectivity index (χ1) is 18.9. The SMILES string of the molecule is C=CCc1cc(-c2ccccc2)c(N=Cc2cc(C)cc(C)c2[O-])c(-c2ccccc2)c1.CCP(CC)CC.[Ni+]. The number of hydrogen-bond acceptors (Lipinski definition) is 2. The monoisotopic (exact) mass is 592 g/mol. The molecule has 0 aliphatic carbocycles. The Morgan fingerprint density at radius 2 is 1.27 bits per heavy atom. The van der Waals surface area contributed by atoms with Crippen LogP contribution < -0.4 is 5.11 Å². The van der Waals surface area contributed by atoms with E-state index in [4.69, 9.17) is 4.99 Å². The Morgan fingerprint density at radius 1 is 0.775 bits per heavy atom. The molecule has 2 nitrogen and oxygen atoms in total. The molecule has 0 N–H and O–H groups in total. The minimum Gasteiger partial charge on any atom is -0.872 e. The van der Waals surface area contributed by atoms with Crippen molar-refractivity contribution in [2.24, 2.45) is 4.99 Å². The van der Waals surface area contributed by atoms with Gasteiger partial charge in [0.2, 0.25) is 0 Å². The fourth-order valence-corrected chi connectivity index (χ4v) is 6.02. The zero-order valence-electron chi connectivity index (χ0n) is 24.4. The molecule has 0 amide bonds. The third-order valence-corrected chi connectivity index (χ3v) is 9.52. The Hall–Kier alpha value is -2.99. The van der Waals surface area contributed by atoms with Gasteiger partial charge in [-0.2, -0.15) is 0 Å². The molecule has 0 bridgehead atoms. The Balaban J connectivity index is 0.000000623. The average molecular weight is 593 g/mol. The van der Waals surface area contributed by atoms with E-state index in [1.165, 1.54) is 24.0 Å². The van der Waals surface area contributed by atoms with Gasteiger partial charge in [0.1, 0.15) is 0 Å². The molecule has 4 heteroatoms. The second-order valence-electron chi connectivity index (χ2n) is 9.64. The molecule has 0 aliphatic heterocycles. The van der Waals surface area contributed by atoms with E-state index >= 15 is 0 Å². The van der Waals surface area contributed by atoms with Crippen molar-refractivity contribution < 1.29 is 21.6 Å². The predicted molar refractivity (Wildman–Crippen MR) is 172 cm³/mol. The normalized spacial score (nSPS) is 10.7. The molecule has 0 spiro atoms. The molecule has 211 valence electrons. The van der Waals surface area contributed by atoms with Gasteiger partial charge in [-0.3, -0.25) is 4.99 Å². The molecule has 0 atom stereocenters. The van der Waals surface area contributed by atoms with Gasteiger partial charge in [0, 0.05) is 17.3 Å². The van der Waals surface area contributed by atoms with E-state index < -0.39 is 0 Å². The van der Waals surface area contributed by atoms with Crippen molar-refractivity contribution in [1.82, 2.24) is 0 Å². The van der Waals surface area contributed by atoms with Gasteiger partial charge >= 0.3 is 16.5 Å². The maximum absolute atomic E-state index is 12.7. The van der Waals surface area contributed by atoms with Crippen molar-refractivity contribution in [3.63, 3.8) is 0 Å². The third-order valence-electron chi connectivity index (χ3n) is 6.84. The fourth-order valence-electron chi connectivity index (χ4n) is 4.68. The molecule has 0 fully saturated rings. The number of benzene rings is 4. The maximum atomic E-state index is 12.7. The largest absolute Gasteiger partial charge is 1.00 e. The molecular formula is C36H41NNiOP. The molecule has 1 radical (unpaired) electrons. The van der Waals surface area contributed by atoms with Gasteiger partial charge in [-0.15, -0.1) is 14.5 Å². The van der Waals surface area contributed by atoms with Crippen LogP contribution in [0.3, 0.4) is 0 Å². The molecule has 4 rings (SSSR count). The minimum atomic E-state index is 0. The van der Waals surface area contributed by atoms with Gasteiger partial charge in [-0.05, 0) is 73.1 Å². The van der Waals surface area contributed by atoms with Gasteiger partial charge in [0.05, 0.1) is 5.69 Å². The Labute approximate surface area is 253 Å². The van der Waals surface area contributed by atoms with Crippen LogP contribution >= 0.6 is 7.92 Å². The first kappa shape index (κ1) is 33.2. The van der Waals surface area contributed by atoms with Crippen molar-refractivity contribution in [2.75, 3.05) is 18.5 Å². The number of aryl methyl sites for hydroxylation is 2. The summed E-state index contributed by atoms with van der Waals surface area (Å²) in [6.45, 7) is 14.6. The van der Waals surface area contributed by atoms with E-state index in [1.807, 2.05) is 68.5 Å². The van der Waals surface area contributed by atoms with Crippen LogP contribution in [-0.4, -0.2) is 24.7 Å². The van der Waals surface area contributed by atoms with Crippen LogP contribution in [0.2, 0.25) is 0 Å². The number of rotatable bonds is 9. The molecule has 0 aliphatic rings. The molecule has 4 aromatic rings. The van der Waals surface area contributed by atoms with Crippen LogP contribution in [0.4, 0.5) is 5.69 Å². The fraction of sp³-hybridized carbons (Fsp3) is 0.250. The summed E-state index contributed by atoms with van der Waals surface area (Å²) in [4.78, 5) is 4.92. The van der Waals surface area contributed by atoms with Gasteiger partial charge in [-0.1, -0.05) is 117 Å². The van der Waals surface area contributed by atoms with Gasteiger partial charge in [0.25, 0.3) is 0 Å². The summed E-state index contributed by atoms with van der Waals surface area (Å²) in [7, 11) is 0.446. The Kier molecular flexibility index (Phi) is 14.1. The van der Waals surface area contributed by atoms with Crippen molar-refractivity contribution in [3.8, 4) is 28.0 Å². The smallest absolute Gasteiger partial charge is 0.872 e. The van der Waals surface area contributed by atoms with E-state index in [-0.39, 0.29) is 22.2 Å². The van der Waals surface area contributed by atoms with Crippen molar-refractivity contribution in [3.05, 3.63) is 120 Å². The molecule has 0 unspecified atom stereocenters. The first-order valence-electron chi connectivity index (χ1n) is 13.8. The van der Waals surface area contributed by atoms with Crippen molar-refractivity contribution >= 4 is 19.8 Å². The molecular weight excluding hydrogens is 552 g/mol. The zero-order chi connectivity index (χ0) is 28.2. The topological polar surface area (TPSA) is 35.4 Å². The second-order valence-corrected chi connectivity index (χ2v) is 12.9. The average Bonchev–Trinajstić information content (AvgIpc) is 2.96. The van der Waals surface area contributed by atoms with Crippen LogP contribution in [0.5, 0.6) is 5.75 Å². The first-order valence-corrected chi connectivity index (χ1v) is 15.7. The summed E-state index contributed by atoms with van der Waals surface area (Å²) >= 11 is 0. The van der Waals surface area contributed by atoms with Gasteiger partial charge < -0.3 is 5.11 Å². The number of hydrogen-bond donors (Lipinski definition) is 0. The van der Waals surface area contributed by atoms with E-state index in [0.29, 0.717) is 13.5 Å². The van der Waals surface area contributed by atoms with Gasteiger partial charge in [-0.25, -0.2) is 0 Å². The summed E-state index contributed by atoms with van der Waals surface area (Å²) < 4.78 is 0. The minimum absolute atomic E-state index is 0. The Morgan fingerprint density at radius 3 is 1.70 bits per heavy atom.